The Kier molecular flexibility index (Phi) is 5.24. The fourth-order valence-corrected chi connectivity index (χ4v) is 1.95. The molecule has 0 N–H and O–H groups in total. The molecule has 0 unspecified atom stereocenters. The molecule has 1 nitrogen and oxygen atoms in total. The number of aldehydes is 1. The third-order valence-electron chi connectivity index (χ3n) is 3.22. The van der Waals surface area contributed by atoms with Crippen LogP contribution in [0.4, 0.5) is 0 Å². The second-order valence-corrected chi connectivity index (χ2v) is 4.79. The molecule has 1 rings (SSSR count). The minimum Gasteiger partial charge on any atom is -0.298 e. The first kappa shape index (κ1) is 13.0. The first-order valence-electron chi connectivity index (χ1n) is 6.08. The molecule has 1 heteroatoms. The largest absolute Gasteiger partial charge is 0.298 e. The van der Waals surface area contributed by atoms with Crippen molar-refractivity contribution in [2.24, 2.45) is 0 Å². The Labute approximate surface area is 98.9 Å². The Morgan fingerprint density at radius 3 is 2.56 bits per heavy atom. The Bertz CT molecular complexity index is 338. The monoisotopic (exact) mass is 218 g/mol. The fraction of sp³-hybridized carbons (Fsp3) is 0.533. The minimum atomic E-state index is 0.886. The molecular formula is C15H22O. The summed E-state index contributed by atoms with van der Waals surface area (Å²) in [5, 5.41) is 0. The van der Waals surface area contributed by atoms with Crippen molar-refractivity contribution in [1.29, 1.82) is 0 Å². The van der Waals surface area contributed by atoms with E-state index in [-0.39, 0.29) is 0 Å². The topological polar surface area (TPSA) is 17.1 Å². The van der Waals surface area contributed by atoms with Crippen LogP contribution in [-0.4, -0.2) is 6.29 Å². The first-order valence-corrected chi connectivity index (χ1v) is 6.08. The number of hydrogen-bond acceptors (Lipinski definition) is 1. The fourth-order valence-electron chi connectivity index (χ4n) is 1.95. The average Bonchev–Trinajstić information content (AvgIpc) is 2.26. The van der Waals surface area contributed by atoms with Gasteiger partial charge in [-0.2, -0.15) is 0 Å². The van der Waals surface area contributed by atoms with Gasteiger partial charge in [0.1, 0.15) is 6.29 Å². The number of carbonyl (C=O) groups is 1. The van der Waals surface area contributed by atoms with Crippen molar-refractivity contribution in [3.63, 3.8) is 0 Å². The summed E-state index contributed by atoms with van der Waals surface area (Å²) in [6, 6.07) is 0. The zero-order valence-corrected chi connectivity index (χ0v) is 10.7. The van der Waals surface area contributed by atoms with E-state index in [2.05, 4.69) is 32.9 Å². The van der Waals surface area contributed by atoms with E-state index >= 15 is 0 Å². The van der Waals surface area contributed by atoms with E-state index in [0.717, 1.165) is 44.0 Å². The Morgan fingerprint density at radius 2 is 1.94 bits per heavy atom. The summed E-state index contributed by atoms with van der Waals surface area (Å²) >= 11 is 0. The lowest BCUT2D eigenvalue weighted by Crippen LogP contribution is -1.93. The van der Waals surface area contributed by atoms with Crippen LogP contribution in [0, 0.1) is 0 Å². The molecule has 88 valence electrons. The van der Waals surface area contributed by atoms with Crippen LogP contribution in [0.1, 0.15) is 52.9 Å². The van der Waals surface area contributed by atoms with Crippen LogP contribution in [0.5, 0.6) is 0 Å². The Morgan fingerprint density at radius 1 is 1.19 bits per heavy atom. The van der Waals surface area contributed by atoms with E-state index < -0.39 is 0 Å². The summed E-state index contributed by atoms with van der Waals surface area (Å²) in [6.07, 6.45) is 10.5. The van der Waals surface area contributed by atoms with Gasteiger partial charge in [0.25, 0.3) is 0 Å². The molecule has 0 atom stereocenters. The molecule has 0 aromatic heterocycles. The van der Waals surface area contributed by atoms with Gasteiger partial charge in [-0.15, -0.1) is 0 Å². The van der Waals surface area contributed by atoms with E-state index in [1.165, 1.54) is 16.7 Å². The number of allylic oxidation sites excluding steroid dienone is 6. The third kappa shape index (κ3) is 4.18. The molecule has 0 fully saturated rings. The zero-order valence-electron chi connectivity index (χ0n) is 10.7. The molecule has 0 bridgehead atoms. The van der Waals surface area contributed by atoms with Crippen molar-refractivity contribution in [2.45, 2.75) is 52.9 Å². The molecule has 0 aromatic carbocycles. The lowest BCUT2D eigenvalue weighted by atomic mass is 9.95. The smallest absolute Gasteiger partial charge is 0.145 e. The van der Waals surface area contributed by atoms with E-state index in [0.29, 0.717) is 0 Å². The lowest BCUT2D eigenvalue weighted by Gasteiger charge is -2.11. The van der Waals surface area contributed by atoms with Gasteiger partial charge in [0.15, 0.2) is 0 Å². The second kappa shape index (κ2) is 6.47. The summed E-state index contributed by atoms with van der Waals surface area (Å²) in [4.78, 5) is 10.9. The maximum Gasteiger partial charge on any atom is 0.145 e. The van der Waals surface area contributed by atoms with Gasteiger partial charge in [-0.25, -0.2) is 0 Å². The second-order valence-electron chi connectivity index (χ2n) is 4.79. The number of rotatable bonds is 1. The van der Waals surface area contributed by atoms with E-state index in [9.17, 15) is 4.79 Å². The standard InChI is InChI=1S/C15H22O/c1-12(2)15-9-7-13(3)5-4-6-14(11-16)8-10-15/h5,8,11H,4,6-7,9-10H2,1-3H3/b13-5+,14-8+. The average molecular weight is 218 g/mol. The van der Waals surface area contributed by atoms with Crippen LogP contribution in [0.3, 0.4) is 0 Å². The maximum absolute atomic E-state index is 10.9. The minimum absolute atomic E-state index is 0.886. The molecule has 0 spiro atoms. The Balaban J connectivity index is 2.87. The normalized spacial score (nSPS) is 25.1. The quantitative estimate of drug-likeness (QED) is 0.472. The third-order valence-corrected chi connectivity index (χ3v) is 3.22. The summed E-state index contributed by atoms with van der Waals surface area (Å²) in [5.41, 5.74) is 5.28. The molecule has 0 amide bonds. The van der Waals surface area contributed by atoms with Crippen molar-refractivity contribution < 1.29 is 4.79 Å². The van der Waals surface area contributed by atoms with Crippen LogP contribution in [-0.2, 0) is 4.79 Å². The molecule has 16 heavy (non-hydrogen) atoms. The number of carbonyl (C=O) groups excluding carboxylic acids is 1. The van der Waals surface area contributed by atoms with Crippen molar-refractivity contribution >= 4 is 6.29 Å². The lowest BCUT2D eigenvalue weighted by molar-refractivity contribution is -0.105. The van der Waals surface area contributed by atoms with E-state index in [1.54, 1.807) is 0 Å². The molecule has 1 aliphatic rings. The summed E-state index contributed by atoms with van der Waals surface area (Å²) in [6.45, 7) is 6.51. The predicted octanol–water partition coefficient (Wildman–Crippen LogP) is 4.36. The van der Waals surface area contributed by atoms with Gasteiger partial charge in [0, 0.05) is 0 Å². The molecule has 0 heterocycles. The maximum atomic E-state index is 10.9. The van der Waals surface area contributed by atoms with Gasteiger partial charge < -0.3 is 0 Å². The highest BCUT2D eigenvalue weighted by atomic mass is 16.1. The summed E-state index contributed by atoms with van der Waals surface area (Å²) < 4.78 is 0. The van der Waals surface area contributed by atoms with Crippen LogP contribution in [0.2, 0.25) is 0 Å². The van der Waals surface area contributed by atoms with Crippen molar-refractivity contribution in [1.82, 2.24) is 0 Å². The van der Waals surface area contributed by atoms with Gasteiger partial charge in [0.05, 0.1) is 0 Å². The van der Waals surface area contributed by atoms with Crippen molar-refractivity contribution in [3.05, 3.63) is 34.4 Å². The SMILES string of the molecule is CC(C)=C1C/C=C(/C=O)CC/C=C(\C)CC1. The molecule has 0 saturated carbocycles. The van der Waals surface area contributed by atoms with E-state index in [1.807, 2.05) is 0 Å². The number of hydrogen-bond donors (Lipinski definition) is 0. The van der Waals surface area contributed by atoms with Gasteiger partial charge in [-0.1, -0.05) is 28.9 Å². The van der Waals surface area contributed by atoms with Gasteiger partial charge in [-0.3, -0.25) is 4.79 Å². The van der Waals surface area contributed by atoms with Gasteiger partial charge in [0.2, 0.25) is 0 Å². The highest BCUT2D eigenvalue weighted by Gasteiger charge is 2.03. The van der Waals surface area contributed by atoms with Crippen molar-refractivity contribution in [3.8, 4) is 0 Å². The van der Waals surface area contributed by atoms with E-state index in [4.69, 9.17) is 0 Å². The molecule has 0 aromatic rings. The zero-order chi connectivity index (χ0) is 12.0. The molecular weight excluding hydrogens is 196 g/mol. The molecule has 0 radical (unpaired) electrons. The first-order chi connectivity index (χ1) is 7.63. The van der Waals surface area contributed by atoms with Crippen LogP contribution < -0.4 is 0 Å². The summed E-state index contributed by atoms with van der Waals surface area (Å²) in [5.74, 6) is 0. The van der Waals surface area contributed by atoms with Crippen molar-refractivity contribution in [2.75, 3.05) is 0 Å². The van der Waals surface area contributed by atoms with Crippen LogP contribution in [0.15, 0.2) is 34.4 Å². The highest BCUT2D eigenvalue weighted by molar-refractivity contribution is 5.73. The van der Waals surface area contributed by atoms with Crippen LogP contribution in [0.25, 0.3) is 0 Å². The summed E-state index contributed by atoms with van der Waals surface area (Å²) in [7, 11) is 0. The van der Waals surface area contributed by atoms with Gasteiger partial charge in [-0.05, 0) is 58.4 Å². The Hall–Kier alpha value is -1.11. The highest BCUT2D eigenvalue weighted by Crippen LogP contribution is 2.22. The van der Waals surface area contributed by atoms with Gasteiger partial charge >= 0.3 is 0 Å². The molecule has 0 aliphatic heterocycles. The predicted molar refractivity (Wildman–Crippen MR) is 69.4 cm³/mol. The van der Waals surface area contributed by atoms with Crippen LogP contribution >= 0.6 is 0 Å². The molecule has 0 saturated heterocycles. The molecule has 1 aliphatic carbocycles.